The van der Waals surface area contributed by atoms with Gasteiger partial charge in [-0.1, -0.05) is 0 Å². The summed E-state index contributed by atoms with van der Waals surface area (Å²) in [6.07, 6.45) is 3.34. The molecule has 2 saturated heterocycles. The van der Waals surface area contributed by atoms with Gasteiger partial charge in [0.2, 0.25) is 5.88 Å². The van der Waals surface area contributed by atoms with Crippen LogP contribution < -0.4 is 4.74 Å². The van der Waals surface area contributed by atoms with E-state index in [9.17, 15) is 9.59 Å². The molecule has 1 aromatic rings. The van der Waals surface area contributed by atoms with Gasteiger partial charge >= 0.3 is 5.97 Å². The fraction of sp³-hybridized carbons (Fsp3) is 0.562. The third-order valence-electron chi connectivity index (χ3n) is 4.14. The second-order valence-corrected chi connectivity index (χ2v) is 5.74. The highest BCUT2D eigenvalue weighted by Crippen LogP contribution is 2.21. The summed E-state index contributed by atoms with van der Waals surface area (Å²) in [6.45, 7) is 2.20. The number of ether oxygens (including phenoxy) is 3. The molecule has 0 N–H and O–H groups in total. The first-order valence-corrected chi connectivity index (χ1v) is 7.75. The molecule has 3 heterocycles. The lowest BCUT2D eigenvalue weighted by Crippen LogP contribution is -2.53. The highest BCUT2D eigenvalue weighted by molar-refractivity contribution is 5.95. The van der Waals surface area contributed by atoms with Crippen LogP contribution in [0.4, 0.5) is 0 Å². The molecule has 7 heteroatoms. The smallest absolute Gasteiger partial charge is 0.312 e. The first-order chi connectivity index (χ1) is 11.2. The number of likely N-dealkylation sites (tertiary alicyclic amines) is 1. The van der Waals surface area contributed by atoms with Crippen LogP contribution in [0, 0.1) is 5.92 Å². The molecule has 0 bridgehead atoms. The topological polar surface area (TPSA) is 78.0 Å². The number of hydrogen-bond donors (Lipinski definition) is 0. The summed E-state index contributed by atoms with van der Waals surface area (Å²) in [5, 5.41) is 0. The van der Waals surface area contributed by atoms with Crippen molar-refractivity contribution in [2.75, 3.05) is 33.4 Å². The summed E-state index contributed by atoms with van der Waals surface area (Å²) in [7, 11) is 1.36. The lowest BCUT2D eigenvalue weighted by Gasteiger charge is -2.37. The van der Waals surface area contributed by atoms with Crippen molar-refractivity contribution in [2.45, 2.75) is 18.9 Å². The van der Waals surface area contributed by atoms with Gasteiger partial charge in [0.05, 0.1) is 31.8 Å². The van der Waals surface area contributed by atoms with E-state index in [0.29, 0.717) is 37.7 Å². The average Bonchev–Trinajstić information content (AvgIpc) is 2.54. The first kappa shape index (κ1) is 15.7. The van der Waals surface area contributed by atoms with Crippen LogP contribution in [0.5, 0.6) is 5.88 Å². The predicted octanol–water partition coefficient (Wildman–Crippen LogP) is 0.884. The van der Waals surface area contributed by atoms with Crippen LogP contribution in [0.25, 0.3) is 0 Å². The largest absolute Gasteiger partial charge is 0.474 e. The Kier molecular flexibility index (Phi) is 4.76. The van der Waals surface area contributed by atoms with Gasteiger partial charge in [0.1, 0.15) is 6.10 Å². The van der Waals surface area contributed by atoms with E-state index in [1.54, 1.807) is 17.0 Å². The Bertz CT molecular complexity index is 562. The summed E-state index contributed by atoms with van der Waals surface area (Å²) in [6, 6.07) is 3.41. The van der Waals surface area contributed by atoms with E-state index >= 15 is 0 Å². The molecule has 0 unspecified atom stereocenters. The molecule has 0 aromatic carbocycles. The lowest BCUT2D eigenvalue weighted by molar-refractivity contribution is -0.149. The Balaban J connectivity index is 1.53. The molecule has 2 fully saturated rings. The van der Waals surface area contributed by atoms with E-state index < -0.39 is 0 Å². The van der Waals surface area contributed by atoms with Crippen molar-refractivity contribution < 1.29 is 23.8 Å². The zero-order valence-electron chi connectivity index (χ0n) is 13.1. The molecule has 2 aliphatic heterocycles. The highest BCUT2D eigenvalue weighted by Gasteiger charge is 2.36. The van der Waals surface area contributed by atoms with E-state index in [-0.39, 0.29) is 23.9 Å². The third-order valence-corrected chi connectivity index (χ3v) is 4.14. The maximum atomic E-state index is 12.3. The van der Waals surface area contributed by atoms with Gasteiger partial charge in [0, 0.05) is 38.2 Å². The molecular weight excluding hydrogens is 300 g/mol. The van der Waals surface area contributed by atoms with E-state index in [1.807, 2.05) is 0 Å². The van der Waals surface area contributed by atoms with E-state index in [2.05, 4.69) is 9.72 Å². The van der Waals surface area contributed by atoms with Gasteiger partial charge in [-0.15, -0.1) is 0 Å². The molecule has 1 amide bonds. The van der Waals surface area contributed by atoms with Crippen molar-refractivity contribution >= 4 is 11.9 Å². The monoisotopic (exact) mass is 320 g/mol. The van der Waals surface area contributed by atoms with Gasteiger partial charge in [0.25, 0.3) is 5.91 Å². The second kappa shape index (κ2) is 6.95. The van der Waals surface area contributed by atoms with Crippen molar-refractivity contribution in [1.29, 1.82) is 0 Å². The third kappa shape index (κ3) is 3.61. The van der Waals surface area contributed by atoms with Crippen molar-refractivity contribution in [3.8, 4) is 5.88 Å². The van der Waals surface area contributed by atoms with E-state index in [0.717, 1.165) is 12.8 Å². The molecule has 124 valence electrons. The molecule has 0 radical (unpaired) electrons. The van der Waals surface area contributed by atoms with Gasteiger partial charge in [-0.3, -0.25) is 9.59 Å². The summed E-state index contributed by atoms with van der Waals surface area (Å²) in [5.74, 6) is -0.0970. The van der Waals surface area contributed by atoms with Crippen molar-refractivity contribution in [2.24, 2.45) is 5.92 Å². The van der Waals surface area contributed by atoms with E-state index in [4.69, 9.17) is 9.47 Å². The maximum absolute atomic E-state index is 12.3. The van der Waals surface area contributed by atoms with Crippen molar-refractivity contribution in [1.82, 2.24) is 9.88 Å². The Morgan fingerprint density at radius 3 is 2.61 bits per heavy atom. The summed E-state index contributed by atoms with van der Waals surface area (Å²) in [5.41, 5.74) is 0.493. The fourth-order valence-electron chi connectivity index (χ4n) is 2.68. The molecule has 7 nitrogen and oxygen atoms in total. The van der Waals surface area contributed by atoms with Crippen LogP contribution in [0.2, 0.25) is 0 Å². The molecule has 3 rings (SSSR count). The number of hydrogen-bond acceptors (Lipinski definition) is 6. The minimum atomic E-state index is -0.271. The number of aromatic nitrogens is 1. The molecule has 2 aliphatic rings. The molecule has 0 saturated carbocycles. The van der Waals surface area contributed by atoms with E-state index in [1.165, 1.54) is 13.3 Å². The van der Waals surface area contributed by atoms with Gasteiger partial charge < -0.3 is 19.1 Å². The molecule has 0 spiro atoms. The highest BCUT2D eigenvalue weighted by atomic mass is 16.5. The van der Waals surface area contributed by atoms with Gasteiger partial charge in [-0.25, -0.2) is 4.98 Å². The Hall–Kier alpha value is -2.15. The van der Waals surface area contributed by atoms with Gasteiger partial charge in [-0.05, 0) is 6.07 Å². The van der Waals surface area contributed by atoms with Crippen LogP contribution in [0.15, 0.2) is 18.3 Å². The number of carbonyl (C=O) groups excluding carboxylic acids is 2. The maximum Gasteiger partial charge on any atom is 0.312 e. The minimum Gasteiger partial charge on any atom is -0.474 e. The van der Waals surface area contributed by atoms with Crippen LogP contribution in [-0.4, -0.2) is 61.3 Å². The lowest BCUT2D eigenvalue weighted by atomic mass is 9.99. The number of amides is 1. The van der Waals surface area contributed by atoms with Crippen LogP contribution in [-0.2, 0) is 14.3 Å². The summed E-state index contributed by atoms with van der Waals surface area (Å²) < 4.78 is 15.7. The number of esters is 1. The minimum absolute atomic E-state index is 0.119. The van der Waals surface area contributed by atoms with Crippen molar-refractivity contribution in [3.63, 3.8) is 0 Å². The quantitative estimate of drug-likeness (QED) is 0.767. The predicted molar refractivity (Wildman–Crippen MR) is 80.1 cm³/mol. The van der Waals surface area contributed by atoms with Crippen LogP contribution in [0.1, 0.15) is 23.2 Å². The summed E-state index contributed by atoms with van der Waals surface area (Å²) in [4.78, 5) is 29.4. The number of pyridine rings is 1. The van der Waals surface area contributed by atoms with Crippen LogP contribution in [0.3, 0.4) is 0 Å². The molecule has 23 heavy (non-hydrogen) atoms. The number of nitrogens with zero attached hydrogens (tertiary/aromatic N) is 2. The Labute approximate surface area is 134 Å². The number of methoxy groups -OCH3 is 1. The Morgan fingerprint density at radius 2 is 2.00 bits per heavy atom. The molecular formula is C16H20N2O5. The van der Waals surface area contributed by atoms with Gasteiger partial charge in [0.15, 0.2) is 0 Å². The van der Waals surface area contributed by atoms with Crippen LogP contribution >= 0.6 is 0 Å². The SMILES string of the molecule is COC(=O)C1CN(C(=O)c2ccc(OC3CCOCC3)nc2)C1. The standard InChI is InChI=1S/C16H20N2O5/c1-21-16(20)12-9-18(10-12)15(19)11-2-3-14(17-8-11)23-13-4-6-22-7-5-13/h2-3,8,12-13H,4-7,9-10H2,1H3. The number of carbonyl (C=O) groups is 2. The first-order valence-electron chi connectivity index (χ1n) is 7.75. The summed E-state index contributed by atoms with van der Waals surface area (Å²) >= 11 is 0. The second-order valence-electron chi connectivity index (χ2n) is 5.74. The molecule has 1 aromatic heterocycles. The van der Waals surface area contributed by atoms with Crippen molar-refractivity contribution in [3.05, 3.63) is 23.9 Å². The Morgan fingerprint density at radius 1 is 1.26 bits per heavy atom. The molecule has 0 atom stereocenters. The zero-order chi connectivity index (χ0) is 16.2. The normalized spacial score (nSPS) is 19.1. The number of rotatable bonds is 4. The zero-order valence-corrected chi connectivity index (χ0v) is 13.1. The molecule has 0 aliphatic carbocycles. The average molecular weight is 320 g/mol. The fourth-order valence-corrected chi connectivity index (χ4v) is 2.68. The van der Waals surface area contributed by atoms with Gasteiger partial charge in [-0.2, -0.15) is 0 Å².